The number of anilines is 2. The SMILES string of the molecule is CCOc1ccc(C)cc1S(=O)(=O)Nc1ccc2c(c1)CCCN2C(=O)c1ccccc1. The molecule has 32 heavy (non-hydrogen) atoms. The number of ether oxygens (including phenoxy) is 1. The number of fused-ring (bicyclic) bond motifs is 1. The highest BCUT2D eigenvalue weighted by Gasteiger charge is 2.25. The molecule has 0 aliphatic carbocycles. The van der Waals surface area contributed by atoms with Crippen LogP contribution in [0.15, 0.2) is 71.6 Å². The fraction of sp³-hybridized carbons (Fsp3) is 0.240. The zero-order chi connectivity index (χ0) is 22.7. The summed E-state index contributed by atoms with van der Waals surface area (Å²) in [4.78, 5) is 14.9. The van der Waals surface area contributed by atoms with Crippen molar-refractivity contribution >= 4 is 27.3 Å². The molecule has 0 unspecified atom stereocenters. The summed E-state index contributed by atoms with van der Waals surface area (Å²) in [6.45, 7) is 4.66. The van der Waals surface area contributed by atoms with Crippen molar-refractivity contribution in [3.63, 3.8) is 0 Å². The maximum Gasteiger partial charge on any atom is 0.265 e. The standard InChI is InChI=1S/C25H26N2O4S/c1-3-31-23-14-11-18(2)16-24(23)32(29,30)26-21-12-13-22-20(17-21)10-7-15-27(22)25(28)19-8-5-4-6-9-19/h4-6,8-9,11-14,16-17,26H,3,7,10,15H2,1-2H3. The molecule has 0 atom stereocenters. The molecule has 0 bridgehead atoms. The third-order valence-corrected chi connectivity index (χ3v) is 6.81. The minimum absolute atomic E-state index is 0.0546. The maximum absolute atomic E-state index is 13.1. The highest BCUT2D eigenvalue weighted by atomic mass is 32.2. The van der Waals surface area contributed by atoms with Crippen molar-refractivity contribution in [1.29, 1.82) is 0 Å². The molecule has 1 heterocycles. The summed E-state index contributed by atoms with van der Waals surface area (Å²) in [5.41, 5.74) is 3.68. The monoisotopic (exact) mass is 450 g/mol. The van der Waals surface area contributed by atoms with Crippen molar-refractivity contribution in [1.82, 2.24) is 0 Å². The molecule has 3 aromatic rings. The van der Waals surface area contributed by atoms with E-state index in [2.05, 4.69) is 4.72 Å². The number of nitrogens with one attached hydrogen (secondary N) is 1. The lowest BCUT2D eigenvalue weighted by Gasteiger charge is -2.30. The van der Waals surface area contributed by atoms with Crippen LogP contribution in [-0.2, 0) is 16.4 Å². The van der Waals surface area contributed by atoms with E-state index in [1.54, 1.807) is 35.2 Å². The van der Waals surface area contributed by atoms with Gasteiger partial charge in [-0.2, -0.15) is 0 Å². The summed E-state index contributed by atoms with van der Waals surface area (Å²) in [7, 11) is -3.84. The molecule has 1 aliphatic rings. The zero-order valence-electron chi connectivity index (χ0n) is 18.2. The molecule has 6 nitrogen and oxygen atoms in total. The normalized spacial score (nSPS) is 13.4. The van der Waals surface area contributed by atoms with Gasteiger partial charge in [-0.05, 0) is 80.3 Å². The van der Waals surface area contributed by atoms with E-state index in [4.69, 9.17) is 4.74 Å². The summed E-state index contributed by atoms with van der Waals surface area (Å²) in [6.07, 6.45) is 1.59. The molecule has 0 saturated carbocycles. The highest BCUT2D eigenvalue weighted by molar-refractivity contribution is 7.92. The van der Waals surface area contributed by atoms with Gasteiger partial charge in [0.2, 0.25) is 0 Å². The van der Waals surface area contributed by atoms with Gasteiger partial charge in [-0.15, -0.1) is 0 Å². The van der Waals surface area contributed by atoms with Crippen molar-refractivity contribution in [2.45, 2.75) is 31.6 Å². The van der Waals surface area contributed by atoms with Crippen LogP contribution in [0.5, 0.6) is 5.75 Å². The molecule has 7 heteroatoms. The van der Waals surface area contributed by atoms with Crippen LogP contribution < -0.4 is 14.4 Å². The minimum Gasteiger partial charge on any atom is -0.492 e. The number of nitrogens with zero attached hydrogens (tertiary/aromatic N) is 1. The average molecular weight is 451 g/mol. The summed E-state index contributed by atoms with van der Waals surface area (Å²) < 4.78 is 34.4. The Morgan fingerprint density at radius 1 is 1.06 bits per heavy atom. The largest absolute Gasteiger partial charge is 0.492 e. The lowest BCUT2D eigenvalue weighted by molar-refractivity contribution is 0.0985. The average Bonchev–Trinajstić information content (AvgIpc) is 2.79. The fourth-order valence-corrected chi connectivity index (χ4v) is 5.20. The first kappa shape index (κ1) is 21.9. The van der Waals surface area contributed by atoms with E-state index in [0.29, 0.717) is 30.2 Å². The number of amides is 1. The van der Waals surface area contributed by atoms with Crippen molar-refractivity contribution in [3.05, 3.63) is 83.4 Å². The molecule has 3 aromatic carbocycles. The second-order valence-corrected chi connectivity index (χ2v) is 9.41. The lowest BCUT2D eigenvalue weighted by Crippen LogP contribution is -2.35. The third-order valence-electron chi connectivity index (χ3n) is 5.40. The Morgan fingerprint density at radius 2 is 1.84 bits per heavy atom. The van der Waals surface area contributed by atoms with Crippen molar-refractivity contribution < 1.29 is 17.9 Å². The second-order valence-electron chi connectivity index (χ2n) is 7.76. The van der Waals surface area contributed by atoms with Crippen LogP contribution in [0.1, 0.15) is 34.8 Å². The molecule has 0 spiro atoms. The number of hydrogen-bond acceptors (Lipinski definition) is 4. The molecule has 1 N–H and O–H groups in total. The van der Waals surface area contributed by atoms with E-state index < -0.39 is 10.0 Å². The molecule has 1 aliphatic heterocycles. The summed E-state index contributed by atoms with van der Waals surface area (Å²) in [5.74, 6) is 0.268. The zero-order valence-corrected chi connectivity index (χ0v) is 19.0. The smallest absolute Gasteiger partial charge is 0.265 e. The Kier molecular flexibility index (Phi) is 6.19. The van der Waals surface area contributed by atoms with Crippen LogP contribution >= 0.6 is 0 Å². The van der Waals surface area contributed by atoms with Crippen molar-refractivity contribution in [2.24, 2.45) is 0 Å². The second kappa shape index (κ2) is 9.04. The number of aryl methyl sites for hydroxylation is 2. The molecule has 0 aromatic heterocycles. The van der Waals surface area contributed by atoms with Crippen LogP contribution in [-0.4, -0.2) is 27.5 Å². The van der Waals surface area contributed by atoms with Gasteiger partial charge in [0, 0.05) is 23.5 Å². The topological polar surface area (TPSA) is 75.7 Å². The van der Waals surface area contributed by atoms with Gasteiger partial charge >= 0.3 is 0 Å². The molecule has 1 amide bonds. The first-order valence-electron chi connectivity index (χ1n) is 10.6. The van der Waals surface area contributed by atoms with Crippen molar-refractivity contribution in [3.8, 4) is 5.75 Å². The predicted octanol–water partition coefficient (Wildman–Crippen LogP) is 4.79. The van der Waals surface area contributed by atoms with Crippen LogP contribution in [0, 0.1) is 6.92 Å². The van der Waals surface area contributed by atoms with Crippen LogP contribution in [0.2, 0.25) is 0 Å². The summed E-state index contributed by atoms with van der Waals surface area (Å²) in [6, 6.07) is 19.6. The molecule has 0 saturated heterocycles. The molecular weight excluding hydrogens is 424 g/mol. The quantitative estimate of drug-likeness (QED) is 0.586. The van der Waals surface area contributed by atoms with E-state index in [-0.39, 0.29) is 10.8 Å². The molecule has 0 radical (unpaired) electrons. The Hall–Kier alpha value is -3.32. The van der Waals surface area contributed by atoms with E-state index in [0.717, 1.165) is 29.7 Å². The third kappa shape index (κ3) is 4.48. The first-order valence-corrected chi connectivity index (χ1v) is 12.1. The van der Waals surface area contributed by atoms with Crippen molar-refractivity contribution in [2.75, 3.05) is 22.8 Å². The Morgan fingerprint density at radius 3 is 2.59 bits per heavy atom. The van der Waals surface area contributed by atoms with Gasteiger partial charge in [0.15, 0.2) is 0 Å². The Balaban J connectivity index is 1.62. The van der Waals surface area contributed by atoms with Crippen LogP contribution in [0.3, 0.4) is 0 Å². The van der Waals surface area contributed by atoms with Gasteiger partial charge in [0.1, 0.15) is 10.6 Å². The molecule has 166 valence electrons. The highest BCUT2D eigenvalue weighted by Crippen LogP contribution is 2.33. The minimum atomic E-state index is -3.84. The lowest BCUT2D eigenvalue weighted by atomic mass is 10.00. The first-order chi connectivity index (χ1) is 15.4. The van der Waals surface area contributed by atoms with E-state index in [1.807, 2.05) is 50.2 Å². The number of carbonyl (C=O) groups is 1. The molecule has 4 rings (SSSR count). The molecule has 0 fully saturated rings. The maximum atomic E-state index is 13.1. The Labute approximate surface area is 188 Å². The van der Waals surface area contributed by atoms with E-state index >= 15 is 0 Å². The molecular formula is C25H26N2O4S. The fourth-order valence-electron chi connectivity index (χ4n) is 3.92. The van der Waals surface area contributed by atoms with Gasteiger partial charge in [-0.1, -0.05) is 24.3 Å². The number of carbonyl (C=O) groups excluding carboxylic acids is 1. The predicted molar refractivity (Wildman–Crippen MR) is 126 cm³/mol. The number of benzene rings is 3. The van der Waals surface area contributed by atoms with Crippen LogP contribution in [0.4, 0.5) is 11.4 Å². The number of rotatable bonds is 6. The summed E-state index contributed by atoms with van der Waals surface area (Å²) in [5, 5.41) is 0. The Bertz CT molecular complexity index is 1240. The van der Waals surface area contributed by atoms with Gasteiger partial charge in [0.25, 0.3) is 15.9 Å². The van der Waals surface area contributed by atoms with Crippen LogP contribution in [0.25, 0.3) is 0 Å². The van der Waals surface area contributed by atoms with Gasteiger partial charge in [-0.3, -0.25) is 9.52 Å². The van der Waals surface area contributed by atoms with Gasteiger partial charge in [0.05, 0.1) is 6.61 Å². The van der Waals surface area contributed by atoms with Gasteiger partial charge in [-0.25, -0.2) is 8.42 Å². The number of hydrogen-bond donors (Lipinski definition) is 1. The van der Waals surface area contributed by atoms with E-state index in [9.17, 15) is 13.2 Å². The number of sulfonamides is 1. The van der Waals surface area contributed by atoms with Gasteiger partial charge < -0.3 is 9.64 Å². The van der Waals surface area contributed by atoms with E-state index in [1.165, 1.54) is 0 Å². The summed E-state index contributed by atoms with van der Waals surface area (Å²) >= 11 is 0.